The van der Waals surface area contributed by atoms with Crippen LogP contribution in [0.25, 0.3) is 0 Å². The lowest BCUT2D eigenvalue weighted by Crippen LogP contribution is -2.34. The van der Waals surface area contributed by atoms with Crippen molar-refractivity contribution in [3.05, 3.63) is 28.8 Å². The molecule has 1 aromatic rings. The first-order valence-corrected chi connectivity index (χ1v) is 5.12. The van der Waals surface area contributed by atoms with E-state index in [0.29, 0.717) is 10.7 Å². The first-order chi connectivity index (χ1) is 7.95. The molecule has 0 saturated carbocycles. The minimum absolute atomic E-state index is 0.123. The standard InChI is InChI=1S/C11H11ClN4O/c1-6-4-7(2-3-9(6)12)16-10(14)8(5-13)11(15)17/h2-4,8H,1H3,(H2,14,16)(H2,15,17). The number of amidine groups is 1. The lowest BCUT2D eigenvalue weighted by atomic mass is 10.1. The van der Waals surface area contributed by atoms with Gasteiger partial charge in [-0.15, -0.1) is 0 Å². The van der Waals surface area contributed by atoms with Crippen LogP contribution < -0.4 is 11.5 Å². The van der Waals surface area contributed by atoms with Crippen molar-refractivity contribution in [2.75, 3.05) is 0 Å². The third-order valence-corrected chi connectivity index (χ3v) is 2.53. The zero-order valence-corrected chi connectivity index (χ0v) is 9.90. The van der Waals surface area contributed by atoms with Crippen LogP contribution >= 0.6 is 11.6 Å². The molecule has 0 bridgehead atoms. The topological polar surface area (TPSA) is 105 Å². The summed E-state index contributed by atoms with van der Waals surface area (Å²) in [4.78, 5) is 14.9. The van der Waals surface area contributed by atoms with Crippen LogP contribution in [0.4, 0.5) is 5.69 Å². The van der Waals surface area contributed by atoms with Crippen molar-refractivity contribution in [2.45, 2.75) is 6.92 Å². The summed E-state index contributed by atoms with van der Waals surface area (Å²) in [5.41, 5.74) is 11.9. The summed E-state index contributed by atoms with van der Waals surface area (Å²) in [5.74, 6) is -2.16. The summed E-state index contributed by atoms with van der Waals surface area (Å²) in [5, 5.41) is 9.32. The highest BCUT2D eigenvalue weighted by molar-refractivity contribution is 6.31. The Kier molecular flexibility index (Phi) is 4.07. The largest absolute Gasteiger partial charge is 0.386 e. The minimum atomic E-state index is -1.22. The molecule has 0 aromatic heterocycles. The van der Waals surface area contributed by atoms with Crippen molar-refractivity contribution in [2.24, 2.45) is 22.4 Å². The molecule has 0 saturated heterocycles. The maximum Gasteiger partial charge on any atom is 0.242 e. The number of carbonyl (C=O) groups is 1. The number of aliphatic imine (C=N–C) groups is 1. The Bertz CT molecular complexity index is 519. The van der Waals surface area contributed by atoms with Crippen LogP contribution in [-0.4, -0.2) is 11.7 Å². The average molecular weight is 251 g/mol. The van der Waals surface area contributed by atoms with Gasteiger partial charge in [0.25, 0.3) is 0 Å². The fraction of sp³-hybridized carbons (Fsp3) is 0.182. The Morgan fingerprint density at radius 1 is 1.53 bits per heavy atom. The van der Waals surface area contributed by atoms with E-state index in [4.69, 9.17) is 28.3 Å². The van der Waals surface area contributed by atoms with E-state index in [2.05, 4.69) is 4.99 Å². The second-order valence-electron chi connectivity index (χ2n) is 3.43. The molecule has 1 atom stereocenters. The van der Waals surface area contributed by atoms with Gasteiger partial charge in [-0.3, -0.25) is 4.79 Å². The Morgan fingerprint density at radius 3 is 2.65 bits per heavy atom. The van der Waals surface area contributed by atoms with Crippen LogP contribution in [0.2, 0.25) is 5.02 Å². The van der Waals surface area contributed by atoms with Gasteiger partial charge in [-0.05, 0) is 30.7 Å². The van der Waals surface area contributed by atoms with Gasteiger partial charge in [-0.1, -0.05) is 11.6 Å². The van der Waals surface area contributed by atoms with E-state index in [-0.39, 0.29) is 5.84 Å². The number of carbonyl (C=O) groups excluding carboxylic acids is 1. The summed E-state index contributed by atoms with van der Waals surface area (Å²) in [7, 11) is 0. The highest BCUT2D eigenvalue weighted by Crippen LogP contribution is 2.21. The summed E-state index contributed by atoms with van der Waals surface area (Å²) in [6.07, 6.45) is 0. The quantitative estimate of drug-likeness (QED) is 0.623. The van der Waals surface area contributed by atoms with Crippen LogP contribution in [-0.2, 0) is 4.79 Å². The number of hydrogen-bond acceptors (Lipinski definition) is 3. The van der Waals surface area contributed by atoms with E-state index in [0.717, 1.165) is 5.56 Å². The molecule has 1 unspecified atom stereocenters. The molecule has 0 heterocycles. The van der Waals surface area contributed by atoms with E-state index >= 15 is 0 Å². The number of benzene rings is 1. The number of primary amides is 1. The fourth-order valence-corrected chi connectivity index (χ4v) is 1.31. The van der Waals surface area contributed by atoms with Crippen LogP contribution in [0.15, 0.2) is 23.2 Å². The smallest absolute Gasteiger partial charge is 0.242 e. The van der Waals surface area contributed by atoms with Crippen LogP contribution in [0.3, 0.4) is 0 Å². The lowest BCUT2D eigenvalue weighted by Gasteiger charge is -2.05. The molecule has 4 N–H and O–H groups in total. The molecule has 1 aromatic carbocycles. The molecular formula is C11H11ClN4O. The first-order valence-electron chi connectivity index (χ1n) is 4.75. The maximum atomic E-state index is 10.9. The van der Waals surface area contributed by atoms with Crippen molar-refractivity contribution in [1.29, 1.82) is 5.26 Å². The first kappa shape index (κ1) is 13.0. The monoisotopic (exact) mass is 250 g/mol. The van der Waals surface area contributed by atoms with Crippen molar-refractivity contribution in [3.8, 4) is 6.07 Å². The van der Waals surface area contributed by atoms with Gasteiger partial charge in [0.1, 0.15) is 5.84 Å². The molecule has 1 rings (SSSR count). The summed E-state index contributed by atoms with van der Waals surface area (Å²) in [6.45, 7) is 1.81. The molecule has 0 aliphatic rings. The Labute approximate surface area is 104 Å². The molecule has 6 heteroatoms. The molecule has 0 fully saturated rings. The van der Waals surface area contributed by atoms with Crippen molar-refractivity contribution < 1.29 is 4.79 Å². The van der Waals surface area contributed by atoms with Gasteiger partial charge in [-0.2, -0.15) is 5.26 Å². The third kappa shape index (κ3) is 3.20. The van der Waals surface area contributed by atoms with Crippen molar-refractivity contribution in [1.82, 2.24) is 0 Å². The van der Waals surface area contributed by atoms with E-state index in [1.165, 1.54) is 0 Å². The van der Waals surface area contributed by atoms with Crippen molar-refractivity contribution >= 4 is 29.0 Å². The van der Waals surface area contributed by atoms with E-state index in [1.54, 1.807) is 24.3 Å². The summed E-state index contributed by atoms with van der Waals surface area (Å²) < 4.78 is 0. The van der Waals surface area contributed by atoms with Crippen LogP contribution in [0.1, 0.15) is 5.56 Å². The molecule has 17 heavy (non-hydrogen) atoms. The van der Waals surface area contributed by atoms with Gasteiger partial charge >= 0.3 is 0 Å². The van der Waals surface area contributed by atoms with Gasteiger partial charge in [0, 0.05) is 5.02 Å². The molecular weight excluding hydrogens is 240 g/mol. The molecule has 5 nitrogen and oxygen atoms in total. The summed E-state index contributed by atoms with van der Waals surface area (Å²) in [6, 6.07) is 6.69. The van der Waals surface area contributed by atoms with Gasteiger partial charge in [0.15, 0.2) is 5.92 Å². The summed E-state index contributed by atoms with van der Waals surface area (Å²) >= 11 is 5.85. The highest BCUT2D eigenvalue weighted by atomic mass is 35.5. The molecule has 0 aliphatic carbocycles. The number of hydrogen-bond donors (Lipinski definition) is 2. The number of aryl methyl sites for hydroxylation is 1. The highest BCUT2D eigenvalue weighted by Gasteiger charge is 2.18. The minimum Gasteiger partial charge on any atom is -0.386 e. The van der Waals surface area contributed by atoms with Gasteiger partial charge < -0.3 is 11.5 Å². The van der Waals surface area contributed by atoms with Gasteiger partial charge in [0.2, 0.25) is 5.91 Å². The number of nitriles is 1. The number of rotatable bonds is 3. The number of nitrogens with two attached hydrogens (primary N) is 2. The van der Waals surface area contributed by atoms with Crippen LogP contribution in [0, 0.1) is 24.2 Å². The third-order valence-electron chi connectivity index (χ3n) is 2.11. The second-order valence-corrected chi connectivity index (χ2v) is 3.84. The maximum absolute atomic E-state index is 10.9. The van der Waals surface area contributed by atoms with E-state index in [1.807, 2.05) is 6.92 Å². The number of halogens is 1. The van der Waals surface area contributed by atoms with Gasteiger partial charge in [0.05, 0.1) is 11.8 Å². The molecule has 0 radical (unpaired) electrons. The SMILES string of the molecule is Cc1cc(N=C(N)C(C#N)C(N)=O)ccc1Cl. The fourth-order valence-electron chi connectivity index (χ4n) is 1.19. The normalized spacial score (nSPS) is 12.9. The number of amides is 1. The molecule has 1 amide bonds. The Balaban J connectivity index is 3.06. The molecule has 88 valence electrons. The molecule has 0 spiro atoms. The zero-order chi connectivity index (χ0) is 13.0. The average Bonchev–Trinajstić information content (AvgIpc) is 2.24. The molecule has 0 aliphatic heterocycles. The predicted molar refractivity (Wildman–Crippen MR) is 65.8 cm³/mol. The zero-order valence-electron chi connectivity index (χ0n) is 9.14. The van der Waals surface area contributed by atoms with E-state index < -0.39 is 11.8 Å². The number of nitrogens with zero attached hydrogens (tertiary/aromatic N) is 2. The Hall–Kier alpha value is -2.06. The van der Waals surface area contributed by atoms with Crippen LogP contribution in [0.5, 0.6) is 0 Å². The predicted octanol–water partition coefficient (Wildman–Crippen LogP) is 1.26. The van der Waals surface area contributed by atoms with Crippen molar-refractivity contribution in [3.63, 3.8) is 0 Å². The Morgan fingerprint density at radius 2 is 2.18 bits per heavy atom. The van der Waals surface area contributed by atoms with E-state index in [9.17, 15) is 4.79 Å². The lowest BCUT2D eigenvalue weighted by molar-refractivity contribution is -0.118. The van der Waals surface area contributed by atoms with Gasteiger partial charge in [-0.25, -0.2) is 4.99 Å². The second kappa shape index (κ2) is 5.32.